The van der Waals surface area contributed by atoms with Crippen LogP contribution < -0.4 is 4.65 Å². The van der Waals surface area contributed by atoms with Crippen LogP contribution in [-0.2, 0) is 17.1 Å². The molecule has 2 saturated carbocycles. The van der Waals surface area contributed by atoms with E-state index in [0.29, 0.717) is 0 Å². The summed E-state index contributed by atoms with van der Waals surface area (Å²) in [5.41, 5.74) is 0.116. The Morgan fingerprint density at radius 2 is 1.48 bits per heavy atom. The molecule has 0 N–H and O–H groups in total. The summed E-state index contributed by atoms with van der Waals surface area (Å²) in [7, 11) is -2.95. The molecule has 0 amide bonds. The summed E-state index contributed by atoms with van der Waals surface area (Å²) in [6, 6.07) is 5.93. The van der Waals surface area contributed by atoms with E-state index in [2.05, 4.69) is 4.65 Å². The van der Waals surface area contributed by atoms with Crippen molar-refractivity contribution >= 4 is 13.3 Å². The number of halogens is 2. The summed E-state index contributed by atoms with van der Waals surface area (Å²) < 4.78 is 28.8. The average molecular weight is 380 g/mol. The molecular weight excluding hydrogens is 365 g/mol. The van der Waals surface area contributed by atoms with Crippen LogP contribution in [0, 0.1) is 63.7 Å². The monoisotopic (exact) mass is 380 g/mol. The van der Waals surface area contributed by atoms with Crippen molar-refractivity contribution in [3.05, 3.63) is 106 Å². The van der Waals surface area contributed by atoms with Crippen molar-refractivity contribution in [2.45, 2.75) is 0 Å². The molecule has 10 radical (unpaired) electrons. The van der Waals surface area contributed by atoms with Crippen LogP contribution in [0.15, 0.2) is 36.4 Å². The third-order valence-electron chi connectivity index (χ3n) is 3.04. The number of carbonyl (C=O) groups excluding carboxylic acids is 1. The molecular formula is C19H15BF2FeO2+2. The zero-order valence-corrected chi connectivity index (χ0v) is 14.3. The fourth-order valence-corrected chi connectivity index (χ4v) is 1.95. The van der Waals surface area contributed by atoms with E-state index in [4.69, 9.17) is 0 Å². The molecule has 0 unspecified atom stereocenters. The van der Waals surface area contributed by atoms with Crippen LogP contribution >= 0.6 is 0 Å². The number of hydrogen-bond donors (Lipinski definition) is 0. The second-order valence-electron chi connectivity index (χ2n) is 4.75. The third-order valence-corrected chi connectivity index (χ3v) is 3.04. The zero-order chi connectivity index (χ0) is 17.2. The smallest absolute Gasteiger partial charge is 0.505 e. The van der Waals surface area contributed by atoms with Crippen LogP contribution in [-0.4, -0.2) is 13.3 Å². The van der Waals surface area contributed by atoms with Gasteiger partial charge in [-0.05, 0) is 76.0 Å². The summed E-state index contributed by atoms with van der Waals surface area (Å²) in [6.45, 7) is 0. The molecule has 0 aromatic heterocycles. The predicted octanol–water partition coefficient (Wildman–Crippen LogP) is 4.15. The summed E-state index contributed by atoms with van der Waals surface area (Å²) in [5.74, 6) is 0.382. The van der Waals surface area contributed by atoms with Gasteiger partial charge in [-0.1, -0.05) is 18.2 Å². The van der Waals surface area contributed by atoms with E-state index in [0.717, 1.165) is 5.92 Å². The first-order chi connectivity index (χ1) is 11.7. The minimum Gasteiger partial charge on any atom is -0.505 e. The standard InChI is InChI=1S/C14H10BF2O2.C5H5.Fe/c16-15(17)19-14-8-4-3-7-12(14)13(18)10-9-11-5-1-2-6-11;1-2-4-5-3-1;/h1-10H;1-5H;/q;;+2/b10-9+;;. The maximum absolute atomic E-state index is 12.2. The molecule has 2 aliphatic rings. The Morgan fingerprint density at radius 3 is 2.04 bits per heavy atom. The van der Waals surface area contributed by atoms with Crippen molar-refractivity contribution < 1.29 is 35.1 Å². The Kier molecular flexibility index (Phi) is 10.8. The van der Waals surface area contributed by atoms with Gasteiger partial charge in [-0.15, -0.1) is 0 Å². The molecule has 25 heavy (non-hydrogen) atoms. The average Bonchev–Trinajstić information content (AvgIpc) is 3.28. The summed E-state index contributed by atoms with van der Waals surface area (Å²) in [6.07, 6.45) is 20.3. The molecule has 1 aromatic rings. The molecule has 126 valence electrons. The Labute approximate surface area is 160 Å². The molecule has 2 aliphatic carbocycles. The largest absolute Gasteiger partial charge is 2.00 e. The number of benzene rings is 1. The maximum Gasteiger partial charge on any atom is 2.00 e. The van der Waals surface area contributed by atoms with Gasteiger partial charge in [0.15, 0.2) is 5.78 Å². The number of carbonyl (C=O) groups is 1. The molecule has 6 heteroatoms. The van der Waals surface area contributed by atoms with Gasteiger partial charge in [0.2, 0.25) is 0 Å². The van der Waals surface area contributed by atoms with Gasteiger partial charge in [-0.3, -0.25) is 4.79 Å². The zero-order valence-electron chi connectivity index (χ0n) is 13.2. The van der Waals surface area contributed by atoms with Crippen molar-refractivity contribution in [3.63, 3.8) is 0 Å². The molecule has 0 spiro atoms. The number of ketones is 1. The molecule has 0 saturated heterocycles. The molecule has 2 fully saturated rings. The fourth-order valence-electron chi connectivity index (χ4n) is 1.95. The van der Waals surface area contributed by atoms with Crippen molar-refractivity contribution in [2.75, 3.05) is 0 Å². The quantitative estimate of drug-likeness (QED) is 0.436. The predicted molar refractivity (Wildman–Crippen MR) is 90.5 cm³/mol. The second-order valence-corrected chi connectivity index (χ2v) is 4.75. The molecule has 0 heterocycles. The summed E-state index contributed by atoms with van der Waals surface area (Å²) >= 11 is 0. The Morgan fingerprint density at radius 1 is 0.920 bits per heavy atom. The van der Waals surface area contributed by atoms with E-state index in [9.17, 15) is 13.4 Å². The second kappa shape index (κ2) is 12.3. The van der Waals surface area contributed by atoms with Crippen molar-refractivity contribution in [1.29, 1.82) is 0 Å². The van der Waals surface area contributed by atoms with E-state index in [1.165, 1.54) is 24.3 Å². The van der Waals surface area contributed by atoms with Crippen LogP contribution in [0.4, 0.5) is 8.63 Å². The maximum atomic E-state index is 12.2. The minimum atomic E-state index is -2.95. The van der Waals surface area contributed by atoms with Crippen molar-refractivity contribution in [1.82, 2.24) is 0 Å². The van der Waals surface area contributed by atoms with Gasteiger partial charge in [-0.25, -0.2) is 8.63 Å². The van der Waals surface area contributed by atoms with Gasteiger partial charge in [0.05, 0.1) is 5.56 Å². The van der Waals surface area contributed by atoms with Crippen LogP contribution in [0.5, 0.6) is 5.75 Å². The first-order valence-electron chi connectivity index (χ1n) is 7.31. The van der Waals surface area contributed by atoms with Gasteiger partial charge < -0.3 is 4.65 Å². The molecule has 0 aliphatic heterocycles. The van der Waals surface area contributed by atoms with Crippen molar-refractivity contribution in [3.8, 4) is 5.75 Å². The topological polar surface area (TPSA) is 26.3 Å². The molecule has 2 nitrogen and oxygen atoms in total. The van der Waals surface area contributed by atoms with E-state index in [1.807, 2.05) is 57.8 Å². The Bertz CT molecular complexity index is 534. The molecule has 0 bridgehead atoms. The van der Waals surface area contributed by atoms with E-state index in [1.54, 1.807) is 12.1 Å². The SMILES string of the molecule is O=C(/C=C/[C]1[CH][CH][CH][CH]1)c1ccccc1OB(F)F.[CH]1[CH][CH][CH][CH]1.[Fe+2]. The summed E-state index contributed by atoms with van der Waals surface area (Å²) in [4.78, 5) is 11.9. The number of para-hydroxylation sites is 1. The van der Waals surface area contributed by atoms with Crippen molar-refractivity contribution in [2.24, 2.45) is 0 Å². The molecule has 1 aromatic carbocycles. The number of hydrogen-bond acceptors (Lipinski definition) is 2. The first kappa shape index (κ1) is 21.9. The van der Waals surface area contributed by atoms with Gasteiger partial charge in [0.1, 0.15) is 5.75 Å². The third kappa shape index (κ3) is 8.20. The number of allylic oxidation sites excluding steroid dienone is 2. The minimum absolute atomic E-state index is 0. The van der Waals surface area contributed by atoms with Gasteiger partial charge in [-0.2, -0.15) is 0 Å². The van der Waals surface area contributed by atoms with E-state index in [-0.39, 0.29) is 34.2 Å². The van der Waals surface area contributed by atoms with E-state index >= 15 is 0 Å². The van der Waals surface area contributed by atoms with Crippen LogP contribution in [0.2, 0.25) is 0 Å². The van der Waals surface area contributed by atoms with Gasteiger partial charge >= 0.3 is 24.5 Å². The van der Waals surface area contributed by atoms with E-state index < -0.39 is 7.47 Å². The molecule has 3 rings (SSSR count). The Balaban J connectivity index is 0.000000448. The summed E-state index contributed by atoms with van der Waals surface area (Å²) in [5, 5.41) is 0. The van der Waals surface area contributed by atoms with Gasteiger partial charge in [0, 0.05) is 5.92 Å². The fraction of sp³-hybridized carbons (Fsp3) is 0. The first-order valence-corrected chi connectivity index (χ1v) is 7.31. The normalized spacial score (nSPS) is 16.9. The van der Waals surface area contributed by atoms with Gasteiger partial charge in [0.25, 0.3) is 0 Å². The molecule has 0 atom stereocenters. The number of rotatable bonds is 5. The van der Waals surface area contributed by atoms with Crippen LogP contribution in [0.25, 0.3) is 0 Å². The van der Waals surface area contributed by atoms with Crippen LogP contribution in [0.3, 0.4) is 0 Å². The Hall–Kier alpha value is -1.13. The van der Waals surface area contributed by atoms with Crippen LogP contribution in [0.1, 0.15) is 10.4 Å².